The molecular weight excluding hydrogens is 386 g/mol. The second-order valence-electron chi connectivity index (χ2n) is 7.68. The molecule has 5 aromatic rings. The molecule has 0 aliphatic heterocycles. The number of para-hydroxylation sites is 1. The van der Waals surface area contributed by atoms with Gasteiger partial charge in [-0.3, -0.25) is 9.20 Å². The molecule has 3 aromatic heterocycles. The predicted molar refractivity (Wildman–Crippen MR) is 122 cm³/mol. The summed E-state index contributed by atoms with van der Waals surface area (Å²) in [5.41, 5.74) is 5.17. The third kappa shape index (κ3) is 4.19. The maximum atomic E-state index is 12.4. The second-order valence-corrected chi connectivity index (χ2v) is 7.68. The Morgan fingerprint density at radius 3 is 2.71 bits per heavy atom. The molecule has 0 aliphatic rings. The lowest BCUT2D eigenvalue weighted by Gasteiger charge is -2.07. The Balaban J connectivity index is 1.14. The Kier molecular flexibility index (Phi) is 5.19. The highest BCUT2D eigenvalue weighted by molar-refractivity contribution is 5.90. The number of hydrogen-bond donors (Lipinski definition) is 2. The summed E-state index contributed by atoms with van der Waals surface area (Å²) in [6.45, 7) is 0. The molecular formula is C25H23N5O. The molecule has 2 N–H and O–H groups in total. The number of amides is 1. The van der Waals surface area contributed by atoms with E-state index in [4.69, 9.17) is 0 Å². The Morgan fingerprint density at radius 2 is 1.81 bits per heavy atom. The van der Waals surface area contributed by atoms with Crippen molar-refractivity contribution in [3.05, 3.63) is 96.1 Å². The van der Waals surface area contributed by atoms with Gasteiger partial charge < -0.3 is 10.3 Å². The Bertz CT molecular complexity index is 1330. The Labute approximate surface area is 179 Å². The van der Waals surface area contributed by atoms with Gasteiger partial charge in [0, 0.05) is 41.8 Å². The maximum Gasteiger partial charge on any atom is 0.224 e. The minimum Gasteiger partial charge on any atom is -0.361 e. The number of anilines is 1. The second kappa shape index (κ2) is 8.44. The summed E-state index contributed by atoms with van der Waals surface area (Å²) < 4.78 is 1.99. The molecule has 0 radical (unpaired) electrons. The first kappa shape index (κ1) is 19.1. The van der Waals surface area contributed by atoms with E-state index in [0.29, 0.717) is 12.8 Å². The van der Waals surface area contributed by atoms with Crippen molar-refractivity contribution >= 4 is 28.1 Å². The zero-order valence-electron chi connectivity index (χ0n) is 17.1. The molecule has 0 fully saturated rings. The van der Waals surface area contributed by atoms with Crippen LogP contribution in [0.4, 0.5) is 5.69 Å². The molecule has 0 saturated heterocycles. The number of H-pyrrole nitrogens is 1. The van der Waals surface area contributed by atoms with Gasteiger partial charge >= 0.3 is 0 Å². The van der Waals surface area contributed by atoms with Crippen LogP contribution in [0.3, 0.4) is 0 Å². The smallest absolute Gasteiger partial charge is 0.224 e. The fourth-order valence-corrected chi connectivity index (χ4v) is 3.90. The van der Waals surface area contributed by atoms with Crippen molar-refractivity contribution in [2.45, 2.75) is 25.7 Å². The molecule has 0 unspecified atom stereocenters. The SMILES string of the molecule is O=C(CCCc1c[nH]c2ccccc12)Nc1ccc(Cc2nnc3ccccn23)cc1. The molecule has 154 valence electrons. The molecule has 0 spiro atoms. The zero-order valence-corrected chi connectivity index (χ0v) is 17.1. The fourth-order valence-electron chi connectivity index (χ4n) is 3.90. The third-order valence-corrected chi connectivity index (χ3v) is 5.51. The van der Waals surface area contributed by atoms with Crippen molar-refractivity contribution in [1.82, 2.24) is 19.6 Å². The van der Waals surface area contributed by atoms with Crippen molar-refractivity contribution < 1.29 is 4.79 Å². The number of carbonyl (C=O) groups is 1. The van der Waals surface area contributed by atoms with Crippen LogP contribution in [-0.4, -0.2) is 25.5 Å². The first-order valence-corrected chi connectivity index (χ1v) is 10.5. The summed E-state index contributed by atoms with van der Waals surface area (Å²) in [5, 5.41) is 12.7. The first-order valence-electron chi connectivity index (χ1n) is 10.5. The number of hydrogen-bond acceptors (Lipinski definition) is 3. The van der Waals surface area contributed by atoms with Crippen LogP contribution in [0.1, 0.15) is 29.8 Å². The number of aromatic nitrogens is 4. The first-order chi connectivity index (χ1) is 15.3. The van der Waals surface area contributed by atoms with E-state index < -0.39 is 0 Å². The number of benzene rings is 2. The number of rotatable bonds is 7. The Hall–Kier alpha value is -3.93. The Morgan fingerprint density at radius 1 is 0.968 bits per heavy atom. The van der Waals surface area contributed by atoms with E-state index in [-0.39, 0.29) is 5.91 Å². The van der Waals surface area contributed by atoms with Gasteiger partial charge in [-0.2, -0.15) is 0 Å². The summed E-state index contributed by atoms with van der Waals surface area (Å²) in [5.74, 6) is 0.931. The van der Waals surface area contributed by atoms with E-state index in [2.05, 4.69) is 32.6 Å². The molecule has 0 saturated carbocycles. The van der Waals surface area contributed by atoms with Gasteiger partial charge in [0.25, 0.3) is 0 Å². The van der Waals surface area contributed by atoms with Crippen molar-refractivity contribution in [1.29, 1.82) is 0 Å². The maximum absolute atomic E-state index is 12.4. The molecule has 6 nitrogen and oxygen atoms in total. The van der Waals surface area contributed by atoms with Crippen LogP contribution in [0, 0.1) is 0 Å². The molecule has 31 heavy (non-hydrogen) atoms. The minimum absolute atomic E-state index is 0.0380. The average molecular weight is 409 g/mol. The summed E-state index contributed by atoms with van der Waals surface area (Å²) in [6.07, 6.45) is 6.88. The predicted octanol–water partition coefficient (Wildman–Crippen LogP) is 4.76. The number of nitrogens with zero attached hydrogens (tertiary/aromatic N) is 3. The highest BCUT2D eigenvalue weighted by Gasteiger charge is 2.08. The zero-order chi connectivity index (χ0) is 21.0. The summed E-state index contributed by atoms with van der Waals surface area (Å²) in [6, 6.07) is 22.0. The largest absolute Gasteiger partial charge is 0.361 e. The van der Waals surface area contributed by atoms with Gasteiger partial charge in [-0.15, -0.1) is 10.2 Å². The third-order valence-electron chi connectivity index (χ3n) is 5.51. The summed E-state index contributed by atoms with van der Waals surface area (Å²) >= 11 is 0. The van der Waals surface area contributed by atoms with Gasteiger partial charge in [-0.1, -0.05) is 36.4 Å². The van der Waals surface area contributed by atoms with E-state index in [9.17, 15) is 4.79 Å². The van der Waals surface area contributed by atoms with Gasteiger partial charge in [0.05, 0.1) is 0 Å². The lowest BCUT2D eigenvalue weighted by molar-refractivity contribution is -0.116. The van der Waals surface area contributed by atoms with Crippen molar-refractivity contribution in [2.75, 3.05) is 5.32 Å². The molecule has 6 heteroatoms. The molecule has 2 aromatic carbocycles. The van der Waals surface area contributed by atoms with Crippen LogP contribution < -0.4 is 5.32 Å². The number of fused-ring (bicyclic) bond motifs is 2. The van der Waals surface area contributed by atoms with Gasteiger partial charge in [-0.25, -0.2) is 0 Å². The van der Waals surface area contributed by atoms with Crippen molar-refractivity contribution in [3.8, 4) is 0 Å². The van der Waals surface area contributed by atoms with Gasteiger partial charge in [0.1, 0.15) is 5.82 Å². The van der Waals surface area contributed by atoms with Crippen LogP contribution >= 0.6 is 0 Å². The summed E-state index contributed by atoms with van der Waals surface area (Å²) in [7, 11) is 0. The van der Waals surface area contributed by atoms with E-state index >= 15 is 0 Å². The number of carbonyl (C=O) groups excluding carboxylic acids is 1. The molecule has 1 amide bonds. The monoisotopic (exact) mass is 409 g/mol. The van der Waals surface area contributed by atoms with Gasteiger partial charge in [0.2, 0.25) is 5.91 Å². The van der Waals surface area contributed by atoms with Crippen LogP contribution in [-0.2, 0) is 17.6 Å². The number of aromatic amines is 1. The van der Waals surface area contributed by atoms with Crippen LogP contribution in [0.2, 0.25) is 0 Å². The summed E-state index contributed by atoms with van der Waals surface area (Å²) in [4.78, 5) is 15.6. The van der Waals surface area contributed by atoms with Gasteiger partial charge in [0.15, 0.2) is 5.65 Å². The molecule has 0 bridgehead atoms. The molecule has 0 aliphatic carbocycles. The van der Waals surface area contributed by atoms with E-state index in [1.807, 2.05) is 71.4 Å². The van der Waals surface area contributed by atoms with Crippen molar-refractivity contribution in [2.24, 2.45) is 0 Å². The van der Waals surface area contributed by atoms with Crippen LogP contribution in [0.25, 0.3) is 16.6 Å². The molecule has 5 rings (SSSR count). The molecule has 3 heterocycles. The lowest BCUT2D eigenvalue weighted by atomic mass is 10.1. The van der Waals surface area contributed by atoms with E-state index in [1.165, 1.54) is 10.9 Å². The molecule has 0 atom stereocenters. The van der Waals surface area contributed by atoms with E-state index in [1.54, 1.807) is 0 Å². The standard InChI is InChI=1S/C25H23N5O/c31-25(10-5-6-19-17-26-22-8-2-1-7-21(19)22)27-20-13-11-18(12-14-20)16-24-29-28-23-9-3-4-15-30(23)24/h1-4,7-9,11-15,17,26H,5-6,10,16H2,(H,27,31). The van der Waals surface area contributed by atoms with Crippen LogP contribution in [0.15, 0.2) is 79.1 Å². The number of nitrogens with one attached hydrogen (secondary N) is 2. The highest BCUT2D eigenvalue weighted by atomic mass is 16.1. The normalized spacial score (nSPS) is 11.2. The lowest BCUT2D eigenvalue weighted by Crippen LogP contribution is -2.11. The van der Waals surface area contributed by atoms with E-state index in [0.717, 1.165) is 41.1 Å². The van der Waals surface area contributed by atoms with Crippen molar-refractivity contribution in [3.63, 3.8) is 0 Å². The number of aryl methyl sites for hydroxylation is 1. The van der Waals surface area contributed by atoms with Crippen LogP contribution in [0.5, 0.6) is 0 Å². The van der Waals surface area contributed by atoms with Gasteiger partial charge in [-0.05, 0) is 54.3 Å². The average Bonchev–Trinajstić information content (AvgIpc) is 3.40. The topological polar surface area (TPSA) is 75.1 Å². The number of pyridine rings is 1. The quantitative estimate of drug-likeness (QED) is 0.407. The minimum atomic E-state index is 0.0380. The fraction of sp³-hybridized carbons (Fsp3) is 0.160. The highest BCUT2D eigenvalue weighted by Crippen LogP contribution is 2.20.